The number of carbonyl (C=O) groups excluding carboxylic acids is 1. The SMILES string of the molecule is C=C(CCc1ccc(F)cc1)N1CCC(C(=O)NC2CCc3ccccc32)(c2ccccc2)CC1. The van der Waals surface area contributed by atoms with Crippen LogP contribution in [0.2, 0.25) is 0 Å². The Balaban J connectivity index is 1.28. The number of aryl methyl sites for hydroxylation is 2. The van der Waals surface area contributed by atoms with Crippen LogP contribution in [-0.4, -0.2) is 23.9 Å². The fourth-order valence-corrected chi connectivity index (χ4v) is 5.71. The molecule has 3 nitrogen and oxygen atoms in total. The predicted molar refractivity (Wildman–Crippen MR) is 138 cm³/mol. The van der Waals surface area contributed by atoms with Gasteiger partial charge in [0, 0.05) is 18.8 Å². The number of nitrogens with zero attached hydrogens (tertiary/aromatic N) is 1. The fraction of sp³-hybridized carbons (Fsp3) is 0.323. The Morgan fingerprint density at radius 2 is 1.66 bits per heavy atom. The van der Waals surface area contributed by atoms with Gasteiger partial charge >= 0.3 is 0 Å². The first kappa shape index (κ1) is 23.3. The van der Waals surface area contributed by atoms with Crippen molar-refractivity contribution < 1.29 is 9.18 Å². The molecule has 0 bridgehead atoms. The molecule has 1 atom stereocenters. The Morgan fingerprint density at radius 1 is 0.971 bits per heavy atom. The van der Waals surface area contributed by atoms with E-state index < -0.39 is 5.41 Å². The van der Waals surface area contributed by atoms with Crippen molar-refractivity contribution in [3.63, 3.8) is 0 Å². The van der Waals surface area contributed by atoms with Crippen LogP contribution in [-0.2, 0) is 23.1 Å². The van der Waals surface area contributed by atoms with Crippen molar-refractivity contribution in [1.82, 2.24) is 10.2 Å². The van der Waals surface area contributed by atoms with Crippen LogP contribution >= 0.6 is 0 Å². The van der Waals surface area contributed by atoms with Gasteiger partial charge in [-0.2, -0.15) is 0 Å². The number of likely N-dealkylation sites (tertiary alicyclic amines) is 1. The maximum atomic E-state index is 13.9. The second-order valence-electron chi connectivity index (χ2n) is 9.89. The van der Waals surface area contributed by atoms with E-state index in [1.165, 1.54) is 23.3 Å². The summed E-state index contributed by atoms with van der Waals surface area (Å²) in [7, 11) is 0. The van der Waals surface area contributed by atoms with Gasteiger partial charge in [0.1, 0.15) is 5.82 Å². The molecule has 3 aromatic carbocycles. The van der Waals surface area contributed by atoms with E-state index in [0.717, 1.165) is 68.4 Å². The lowest BCUT2D eigenvalue weighted by atomic mass is 9.71. The zero-order valence-corrected chi connectivity index (χ0v) is 20.2. The van der Waals surface area contributed by atoms with E-state index in [1.54, 1.807) is 0 Å². The Hall–Kier alpha value is -3.40. The molecule has 1 N–H and O–H groups in total. The van der Waals surface area contributed by atoms with Gasteiger partial charge in [0.25, 0.3) is 0 Å². The van der Waals surface area contributed by atoms with Gasteiger partial charge in [0.05, 0.1) is 11.5 Å². The van der Waals surface area contributed by atoms with E-state index in [2.05, 4.69) is 53.2 Å². The molecule has 0 saturated carbocycles. The van der Waals surface area contributed by atoms with Crippen LogP contribution < -0.4 is 5.32 Å². The number of allylic oxidation sites excluding steroid dienone is 1. The van der Waals surface area contributed by atoms with Crippen LogP contribution in [0, 0.1) is 5.82 Å². The van der Waals surface area contributed by atoms with E-state index in [4.69, 9.17) is 0 Å². The first-order valence-corrected chi connectivity index (χ1v) is 12.7. The second-order valence-corrected chi connectivity index (χ2v) is 9.89. The summed E-state index contributed by atoms with van der Waals surface area (Å²) in [6, 6.07) is 25.5. The first-order valence-electron chi connectivity index (χ1n) is 12.7. The van der Waals surface area contributed by atoms with Crippen LogP contribution in [0.1, 0.15) is 54.0 Å². The molecule has 1 saturated heterocycles. The van der Waals surface area contributed by atoms with E-state index in [9.17, 15) is 9.18 Å². The molecule has 5 rings (SSSR count). The number of benzene rings is 3. The third-order valence-electron chi connectivity index (χ3n) is 7.88. The maximum Gasteiger partial charge on any atom is 0.231 e. The molecule has 4 heteroatoms. The number of nitrogens with one attached hydrogen (secondary N) is 1. The first-order chi connectivity index (χ1) is 17.0. The Morgan fingerprint density at radius 3 is 2.40 bits per heavy atom. The summed E-state index contributed by atoms with van der Waals surface area (Å²) in [6.07, 6.45) is 5.15. The van der Waals surface area contributed by atoms with Crippen LogP contribution in [0.5, 0.6) is 0 Å². The average Bonchev–Trinajstić information content (AvgIpc) is 3.31. The van der Waals surface area contributed by atoms with E-state index in [1.807, 2.05) is 30.3 Å². The van der Waals surface area contributed by atoms with Crippen molar-refractivity contribution >= 4 is 5.91 Å². The van der Waals surface area contributed by atoms with Crippen molar-refractivity contribution in [2.45, 2.75) is 50.0 Å². The summed E-state index contributed by atoms with van der Waals surface area (Å²) < 4.78 is 13.2. The molecule has 0 radical (unpaired) electrons. The highest BCUT2D eigenvalue weighted by atomic mass is 19.1. The minimum absolute atomic E-state index is 0.0861. The zero-order valence-electron chi connectivity index (χ0n) is 20.2. The largest absolute Gasteiger partial charge is 0.375 e. The summed E-state index contributed by atoms with van der Waals surface area (Å²) in [5, 5.41) is 3.43. The number of hydrogen-bond acceptors (Lipinski definition) is 2. The number of hydrogen-bond donors (Lipinski definition) is 1. The number of halogens is 1. The molecule has 2 aliphatic rings. The lowest BCUT2D eigenvalue weighted by molar-refractivity contribution is -0.129. The molecule has 1 unspecified atom stereocenters. The molecule has 0 spiro atoms. The van der Waals surface area contributed by atoms with Crippen molar-refractivity contribution in [3.8, 4) is 0 Å². The van der Waals surface area contributed by atoms with E-state index in [0.29, 0.717) is 0 Å². The molecule has 1 fully saturated rings. The number of rotatable bonds is 7. The van der Waals surface area contributed by atoms with Crippen LogP contribution in [0.25, 0.3) is 0 Å². The number of carbonyl (C=O) groups is 1. The molecule has 1 amide bonds. The van der Waals surface area contributed by atoms with Crippen molar-refractivity contribution in [2.24, 2.45) is 0 Å². The molecule has 0 aromatic heterocycles. The predicted octanol–water partition coefficient (Wildman–Crippen LogP) is 6.11. The van der Waals surface area contributed by atoms with Crippen LogP contribution in [0.4, 0.5) is 4.39 Å². The second kappa shape index (κ2) is 10.1. The summed E-state index contributed by atoms with van der Waals surface area (Å²) in [5.41, 5.74) is 5.36. The monoisotopic (exact) mass is 468 g/mol. The van der Waals surface area contributed by atoms with Crippen molar-refractivity contribution in [3.05, 3.63) is 119 Å². The van der Waals surface area contributed by atoms with E-state index in [-0.39, 0.29) is 17.8 Å². The summed E-state index contributed by atoms with van der Waals surface area (Å²) in [5.74, 6) is -0.0674. The summed E-state index contributed by atoms with van der Waals surface area (Å²) >= 11 is 0. The summed E-state index contributed by atoms with van der Waals surface area (Å²) in [6.45, 7) is 5.93. The van der Waals surface area contributed by atoms with E-state index >= 15 is 0 Å². The highest BCUT2D eigenvalue weighted by Crippen LogP contribution is 2.39. The van der Waals surface area contributed by atoms with Gasteiger partial charge in [-0.15, -0.1) is 0 Å². The lowest BCUT2D eigenvalue weighted by Gasteiger charge is -2.43. The lowest BCUT2D eigenvalue weighted by Crippen LogP contribution is -2.52. The number of piperidine rings is 1. The maximum absolute atomic E-state index is 13.9. The van der Waals surface area contributed by atoms with Gasteiger partial charge in [-0.3, -0.25) is 4.79 Å². The minimum Gasteiger partial charge on any atom is -0.375 e. The molecule has 3 aromatic rings. The highest BCUT2D eigenvalue weighted by Gasteiger charge is 2.44. The number of fused-ring (bicyclic) bond motifs is 1. The van der Waals surface area contributed by atoms with Gasteiger partial charge in [-0.25, -0.2) is 4.39 Å². The molecule has 1 aliphatic carbocycles. The quantitative estimate of drug-likeness (QED) is 0.454. The average molecular weight is 469 g/mol. The summed E-state index contributed by atoms with van der Waals surface area (Å²) in [4.78, 5) is 16.2. The Kier molecular flexibility index (Phi) is 6.72. The topological polar surface area (TPSA) is 32.3 Å². The fourth-order valence-electron chi connectivity index (χ4n) is 5.71. The third kappa shape index (κ3) is 4.88. The molecular formula is C31H33FN2O. The molecule has 1 aliphatic heterocycles. The standard InChI is InChI=1S/C31H33FN2O/c1-23(11-12-24-13-16-27(32)17-14-24)34-21-19-31(20-22-34,26-8-3-2-4-9-26)30(35)33-29-18-15-25-7-5-6-10-28(25)29/h2-10,13-14,16-17,29H,1,11-12,15,18-22H2,(H,33,35). The normalized spacial score (nSPS) is 18.7. The minimum atomic E-state index is -0.535. The Bertz CT molecular complexity index is 1180. The zero-order chi connectivity index (χ0) is 24.3. The van der Waals surface area contributed by atoms with Gasteiger partial charge in [-0.1, -0.05) is 73.3 Å². The molecular weight excluding hydrogens is 435 g/mol. The molecule has 35 heavy (non-hydrogen) atoms. The van der Waals surface area contributed by atoms with Crippen molar-refractivity contribution in [2.75, 3.05) is 13.1 Å². The van der Waals surface area contributed by atoms with Crippen LogP contribution in [0.15, 0.2) is 91.1 Å². The molecule has 180 valence electrons. The van der Waals surface area contributed by atoms with Gasteiger partial charge in [0.2, 0.25) is 5.91 Å². The smallest absolute Gasteiger partial charge is 0.231 e. The van der Waals surface area contributed by atoms with Crippen molar-refractivity contribution in [1.29, 1.82) is 0 Å². The third-order valence-corrected chi connectivity index (χ3v) is 7.88. The highest BCUT2D eigenvalue weighted by molar-refractivity contribution is 5.89. The van der Waals surface area contributed by atoms with Gasteiger partial charge in [-0.05, 0) is 72.9 Å². The van der Waals surface area contributed by atoms with Gasteiger partial charge in [0.15, 0.2) is 0 Å². The Labute approximate surface area is 207 Å². The molecule has 1 heterocycles. The van der Waals surface area contributed by atoms with Crippen LogP contribution in [0.3, 0.4) is 0 Å². The van der Waals surface area contributed by atoms with Gasteiger partial charge < -0.3 is 10.2 Å². The number of amides is 1.